The smallest absolute Gasteiger partial charge is 0.306 e. The lowest BCUT2D eigenvalue weighted by Crippen LogP contribution is -2.10. The Morgan fingerprint density at radius 1 is 1.41 bits per heavy atom. The van der Waals surface area contributed by atoms with E-state index < -0.39 is 5.97 Å². The second-order valence-corrected chi connectivity index (χ2v) is 4.16. The van der Waals surface area contributed by atoms with Gasteiger partial charge in [0, 0.05) is 12.6 Å². The number of hydrogen-bond acceptors (Lipinski definition) is 2. The fraction of sp³-hybridized carbons (Fsp3) is 0.385. The van der Waals surface area contributed by atoms with Gasteiger partial charge in [-0.05, 0) is 30.5 Å². The van der Waals surface area contributed by atoms with Gasteiger partial charge in [0.05, 0.1) is 5.92 Å². The molecule has 0 aliphatic carbocycles. The van der Waals surface area contributed by atoms with Gasteiger partial charge in [-0.25, -0.2) is 0 Å². The summed E-state index contributed by atoms with van der Waals surface area (Å²) in [5.41, 5.74) is 1.78. The average Bonchev–Trinajstić information content (AvgIpc) is 2.25. The number of aliphatic carboxylic acids is 1. The van der Waals surface area contributed by atoms with E-state index in [1.54, 1.807) is 6.92 Å². The quantitative estimate of drug-likeness (QED) is 0.822. The van der Waals surface area contributed by atoms with Gasteiger partial charge in [0.1, 0.15) is 0 Å². The Kier molecular flexibility index (Phi) is 4.69. The molecule has 0 aromatic heterocycles. The highest BCUT2D eigenvalue weighted by molar-refractivity contribution is 5.88. The minimum Gasteiger partial charge on any atom is -0.481 e. The summed E-state index contributed by atoms with van der Waals surface area (Å²) in [6.45, 7) is 3.15. The average molecular weight is 235 g/mol. The third-order valence-electron chi connectivity index (χ3n) is 2.53. The van der Waals surface area contributed by atoms with E-state index in [0.717, 1.165) is 11.3 Å². The van der Waals surface area contributed by atoms with Gasteiger partial charge in [0.2, 0.25) is 5.91 Å². The first-order chi connectivity index (χ1) is 7.99. The maximum atomic E-state index is 10.9. The Balaban J connectivity index is 2.59. The van der Waals surface area contributed by atoms with Crippen molar-refractivity contribution in [2.75, 3.05) is 5.32 Å². The molecule has 1 rings (SSSR count). The van der Waals surface area contributed by atoms with Crippen molar-refractivity contribution >= 4 is 17.6 Å². The van der Waals surface area contributed by atoms with E-state index in [9.17, 15) is 9.59 Å². The Bertz CT molecular complexity index is 415. The number of aryl methyl sites for hydroxylation is 1. The van der Waals surface area contributed by atoms with Crippen LogP contribution in [0.5, 0.6) is 0 Å². The number of amides is 1. The summed E-state index contributed by atoms with van der Waals surface area (Å²) >= 11 is 0. The molecule has 17 heavy (non-hydrogen) atoms. The lowest BCUT2D eigenvalue weighted by Gasteiger charge is -2.08. The van der Waals surface area contributed by atoms with E-state index in [0.29, 0.717) is 12.8 Å². The van der Waals surface area contributed by atoms with Gasteiger partial charge < -0.3 is 10.4 Å². The summed E-state index contributed by atoms with van der Waals surface area (Å²) in [5, 5.41) is 11.5. The zero-order valence-corrected chi connectivity index (χ0v) is 10.1. The maximum Gasteiger partial charge on any atom is 0.306 e. The third kappa shape index (κ3) is 4.68. The monoisotopic (exact) mass is 235 g/mol. The van der Waals surface area contributed by atoms with E-state index in [-0.39, 0.29) is 11.8 Å². The molecule has 1 amide bonds. The first-order valence-electron chi connectivity index (χ1n) is 5.58. The predicted molar refractivity (Wildman–Crippen MR) is 65.9 cm³/mol. The largest absolute Gasteiger partial charge is 0.481 e. The van der Waals surface area contributed by atoms with Gasteiger partial charge >= 0.3 is 5.97 Å². The summed E-state index contributed by atoms with van der Waals surface area (Å²) < 4.78 is 0. The first kappa shape index (κ1) is 13.2. The molecule has 0 fully saturated rings. The zero-order valence-electron chi connectivity index (χ0n) is 10.1. The second kappa shape index (κ2) is 6.03. The number of carbonyl (C=O) groups is 2. The van der Waals surface area contributed by atoms with Gasteiger partial charge in [-0.2, -0.15) is 0 Å². The molecule has 0 bridgehead atoms. The topological polar surface area (TPSA) is 66.4 Å². The molecule has 0 radical (unpaired) electrons. The van der Waals surface area contributed by atoms with Crippen LogP contribution in [-0.2, 0) is 16.0 Å². The van der Waals surface area contributed by atoms with Crippen molar-refractivity contribution in [3.8, 4) is 0 Å². The van der Waals surface area contributed by atoms with Gasteiger partial charge in [-0.3, -0.25) is 9.59 Å². The molecule has 0 aliphatic rings. The van der Waals surface area contributed by atoms with Crippen molar-refractivity contribution in [2.45, 2.75) is 26.7 Å². The van der Waals surface area contributed by atoms with Crippen LogP contribution in [0.25, 0.3) is 0 Å². The highest BCUT2D eigenvalue weighted by Gasteiger charge is 2.10. The lowest BCUT2D eigenvalue weighted by atomic mass is 10.0. The number of hydrogen-bond donors (Lipinski definition) is 2. The molecular weight excluding hydrogens is 218 g/mol. The molecular formula is C13H17NO3. The molecule has 4 heteroatoms. The molecule has 0 aliphatic heterocycles. The van der Waals surface area contributed by atoms with E-state index in [4.69, 9.17) is 5.11 Å². The standard InChI is InChI=1S/C13H17NO3/c1-9(13(16)17)6-7-11-4-3-5-12(8-11)14-10(2)15/h3-5,8-9H,6-7H2,1-2H3,(H,14,15)(H,16,17). The Morgan fingerprint density at radius 2 is 2.12 bits per heavy atom. The maximum absolute atomic E-state index is 10.9. The van der Waals surface area contributed by atoms with E-state index in [1.165, 1.54) is 6.92 Å². The van der Waals surface area contributed by atoms with Crippen LogP contribution < -0.4 is 5.32 Å². The van der Waals surface area contributed by atoms with E-state index in [2.05, 4.69) is 5.32 Å². The van der Waals surface area contributed by atoms with Crippen LogP contribution in [0, 0.1) is 5.92 Å². The number of nitrogens with one attached hydrogen (secondary N) is 1. The molecule has 1 aromatic rings. The number of benzene rings is 1. The molecule has 1 atom stereocenters. The summed E-state index contributed by atoms with van der Waals surface area (Å²) in [7, 11) is 0. The minimum absolute atomic E-state index is 0.110. The highest BCUT2D eigenvalue weighted by Crippen LogP contribution is 2.14. The van der Waals surface area contributed by atoms with Crippen molar-refractivity contribution < 1.29 is 14.7 Å². The van der Waals surface area contributed by atoms with Crippen molar-refractivity contribution in [1.29, 1.82) is 0 Å². The van der Waals surface area contributed by atoms with Crippen LogP contribution in [0.4, 0.5) is 5.69 Å². The van der Waals surface area contributed by atoms with Crippen molar-refractivity contribution in [3.63, 3.8) is 0 Å². The number of rotatable bonds is 5. The van der Waals surface area contributed by atoms with Crippen LogP contribution in [-0.4, -0.2) is 17.0 Å². The van der Waals surface area contributed by atoms with E-state index >= 15 is 0 Å². The molecule has 0 spiro atoms. The number of carbonyl (C=O) groups excluding carboxylic acids is 1. The van der Waals surface area contributed by atoms with Gasteiger partial charge in [-0.15, -0.1) is 0 Å². The zero-order chi connectivity index (χ0) is 12.8. The summed E-state index contributed by atoms with van der Waals surface area (Å²) in [6.07, 6.45) is 1.29. The Morgan fingerprint density at radius 3 is 2.71 bits per heavy atom. The van der Waals surface area contributed by atoms with E-state index in [1.807, 2.05) is 24.3 Å². The van der Waals surface area contributed by atoms with Crippen LogP contribution in [0.2, 0.25) is 0 Å². The molecule has 1 unspecified atom stereocenters. The fourth-order valence-electron chi connectivity index (χ4n) is 1.51. The van der Waals surface area contributed by atoms with Gasteiger partial charge in [0.15, 0.2) is 0 Å². The molecule has 4 nitrogen and oxygen atoms in total. The molecule has 2 N–H and O–H groups in total. The highest BCUT2D eigenvalue weighted by atomic mass is 16.4. The van der Waals surface area contributed by atoms with Crippen molar-refractivity contribution in [3.05, 3.63) is 29.8 Å². The van der Waals surface area contributed by atoms with Crippen molar-refractivity contribution in [2.24, 2.45) is 5.92 Å². The Hall–Kier alpha value is -1.84. The minimum atomic E-state index is -0.775. The summed E-state index contributed by atoms with van der Waals surface area (Å²) in [6, 6.07) is 7.47. The summed E-state index contributed by atoms with van der Waals surface area (Å²) in [5.74, 6) is -1.23. The normalized spacial score (nSPS) is 11.9. The summed E-state index contributed by atoms with van der Waals surface area (Å²) in [4.78, 5) is 21.6. The van der Waals surface area contributed by atoms with Gasteiger partial charge in [-0.1, -0.05) is 19.1 Å². The molecule has 92 valence electrons. The predicted octanol–water partition coefficient (Wildman–Crippen LogP) is 2.30. The van der Waals surface area contributed by atoms with Crippen LogP contribution in [0.3, 0.4) is 0 Å². The number of anilines is 1. The molecule has 1 aromatic carbocycles. The Labute approximate surface area is 101 Å². The second-order valence-electron chi connectivity index (χ2n) is 4.16. The van der Waals surface area contributed by atoms with Crippen LogP contribution in [0.15, 0.2) is 24.3 Å². The SMILES string of the molecule is CC(=O)Nc1cccc(CCC(C)C(=O)O)c1. The number of carboxylic acids is 1. The molecule has 0 saturated carbocycles. The fourth-order valence-corrected chi connectivity index (χ4v) is 1.51. The molecule has 0 saturated heterocycles. The van der Waals surface area contributed by atoms with Crippen LogP contribution >= 0.6 is 0 Å². The van der Waals surface area contributed by atoms with Crippen molar-refractivity contribution in [1.82, 2.24) is 0 Å². The molecule has 0 heterocycles. The number of carboxylic acid groups (broad SMARTS) is 1. The lowest BCUT2D eigenvalue weighted by molar-refractivity contribution is -0.141. The van der Waals surface area contributed by atoms with Crippen LogP contribution in [0.1, 0.15) is 25.8 Å². The third-order valence-corrected chi connectivity index (χ3v) is 2.53. The van der Waals surface area contributed by atoms with Gasteiger partial charge in [0.25, 0.3) is 0 Å². The first-order valence-corrected chi connectivity index (χ1v) is 5.58.